The Kier molecular flexibility index (Phi) is 40.9. The van der Waals surface area contributed by atoms with Crippen molar-refractivity contribution in [1.82, 2.24) is 59.8 Å². The number of nitrogens with two attached hydrogens (primary N) is 2. The average Bonchev–Trinajstić information content (AvgIpc) is 4.13. The average molecular weight is 1240 g/mol. The molecule has 29 heteroatoms. The Bertz CT molecular complexity index is 2900. The number of benzene rings is 4. The zero-order valence-electron chi connectivity index (χ0n) is 48.1. The molecule has 9 rings (SSSR count). The first-order chi connectivity index (χ1) is 39.6. The number of hydrogen-bond acceptors (Lipinski definition) is 25. The number of nitrogens with one attached hydrogen (secondary N) is 7. The third-order valence-corrected chi connectivity index (χ3v) is 10.7. The minimum atomic E-state index is -0.181. The van der Waals surface area contributed by atoms with Crippen molar-refractivity contribution in [2.75, 3.05) is 83.2 Å². The van der Waals surface area contributed by atoms with E-state index in [1.54, 1.807) is 0 Å². The second-order valence-electron chi connectivity index (χ2n) is 16.9. The van der Waals surface area contributed by atoms with Crippen LogP contribution in [0.15, 0.2) is 121 Å². The molecule has 1 fully saturated rings. The standard InChI is InChI=1S/C26H32N10.C21H19Cl2N9.C4H8O.C2H8N2.CH2O3.CH4.2K.H/c1-3-4-17-27-23-34-24(36-26(35-23)32-21-14-9-6-10-15-21)28-18-11-16-22-29-19(2)30-25(33-22)31-20-12-7-5-8-13-20;22-17-27-16(28-20(30-17)25-14-8-3-1-4-9-14)12-7-13-24-19-29-18(23)31-21(32-19)26-15-10-5-2-6-11-15;1-2-4-5-3-1;3-1-2-4;2-1-4-3;;;;/h5-10,12-15H,3-4,11,16-18H2,1-2H3,(H,29,30,31,33)(H3,27,28,32,34,35,36);1-6,8-11H,7,12-13H2,(H,25,27,28,30)(H2,24,26,29,31,32);1-4H2;1-4H2;1,3H;1H4;;;/q;;;;;;2*+1;-1/p-1. The second kappa shape index (κ2) is 46.0. The maximum Gasteiger partial charge on any atom is 1.00 e. The van der Waals surface area contributed by atoms with E-state index in [0.717, 1.165) is 74.0 Å². The first-order valence-electron chi connectivity index (χ1n) is 26.1. The molecule has 4 aromatic carbocycles. The summed E-state index contributed by atoms with van der Waals surface area (Å²) in [6.45, 7) is 9.09. The monoisotopic (exact) mass is 1240 g/mol. The number of carbonyl (C=O) groups excluding carboxylic acids is 1. The van der Waals surface area contributed by atoms with Gasteiger partial charge in [0, 0.05) is 81.5 Å². The molecule has 84 heavy (non-hydrogen) atoms. The molecule has 0 amide bonds. The van der Waals surface area contributed by atoms with E-state index in [1.165, 1.54) is 12.8 Å². The van der Waals surface area contributed by atoms with E-state index in [9.17, 15) is 0 Å². The van der Waals surface area contributed by atoms with Gasteiger partial charge in [0.2, 0.25) is 52.2 Å². The first-order valence-corrected chi connectivity index (χ1v) is 26.9. The van der Waals surface area contributed by atoms with E-state index >= 15 is 0 Å². The number of hydrogen-bond donors (Lipinski definition) is 9. The van der Waals surface area contributed by atoms with E-state index in [1.807, 2.05) is 128 Å². The number of anilines is 11. The fourth-order valence-corrected chi connectivity index (χ4v) is 7.06. The van der Waals surface area contributed by atoms with Gasteiger partial charge in [0.1, 0.15) is 17.5 Å². The zero-order chi connectivity index (χ0) is 57.5. The number of aryl methyl sites for hydroxylation is 3. The minimum Gasteiger partial charge on any atom is -1.00 e. The van der Waals surface area contributed by atoms with Crippen molar-refractivity contribution in [3.63, 3.8) is 0 Å². The number of rotatable bonds is 24. The molecule has 0 atom stereocenters. The molecule has 4 aromatic heterocycles. The zero-order valence-corrected chi connectivity index (χ0v) is 54.9. The molecule has 1 aliphatic rings. The van der Waals surface area contributed by atoms with Crippen molar-refractivity contribution in [1.29, 1.82) is 0 Å². The molecule has 0 radical (unpaired) electrons. The van der Waals surface area contributed by atoms with E-state index in [2.05, 4.69) is 109 Å². The van der Waals surface area contributed by atoms with E-state index in [0.29, 0.717) is 92.3 Å². The summed E-state index contributed by atoms with van der Waals surface area (Å²) in [6, 6.07) is 38.9. The summed E-state index contributed by atoms with van der Waals surface area (Å²) in [7, 11) is 0. The summed E-state index contributed by atoms with van der Waals surface area (Å²) >= 11 is 12.1. The van der Waals surface area contributed by atoms with E-state index in [4.69, 9.17) is 49.5 Å². The van der Waals surface area contributed by atoms with Crippen molar-refractivity contribution in [2.45, 2.75) is 72.6 Å². The Balaban J connectivity index is 0.000000677. The quantitative estimate of drug-likeness (QED) is 0.0138. The van der Waals surface area contributed by atoms with Crippen LogP contribution >= 0.6 is 23.2 Å². The molecule has 11 N–H and O–H groups in total. The Labute approximate surface area is 587 Å². The number of carbonyl (C=O) groups is 1. The fraction of sp³-hybridized carbons (Fsp3) is 0.327. The van der Waals surface area contributed by atoms with Crippen molar-refractivity contribution in [3.8, 4) is 0 Å². The van der Waals surface area contributed by atoms with Gasteiger partial charge >= 0.3 is 103 Å². The molecule has 0 bridgehead atoms. The molecular weight excluding hydrogens is 1170 g/mol. The van der Waals surface area contributed by atoms with E-state index < -0.39 is 0 Å². The van der Waals surface area contributed by atoms with Gasteiger partial charge < -0.3 is 65.0 Å². The largest absolute Gasteiger partial charge is 1.00 e. The van der Waals surface area contributed by atoms with Crippen LogP contribution < -0.4 is 157 Å². The van der Waals surface area contributed by atoms with E-state index in [-0.39, 0.29) is 129 Å². The smallest absolute Gasteiger partial charge is 1.00 e. The van der Waals surface area contributed by atoms with Crippen molar-refractivity contribution in [3.05, 3.63) is 149 Å². The minimum absolute atomic E-state index is 0. The molecule has 0 spiro atoms. The number of halogens is 2. The van der Waals surface area contributed by atoms with Gasteiger partial charge in [0.05, 0.1) is 0 Å². The molecule has 1 aliphatic heterocycles. The summed E-state index contributed by atoms with van der Waals surface area (Å²) in [5.74, 6) is 5.25. The summed E-state index contributed by atoms with van der Waals surface area (Å²) in [4.78, 5) is 63.6. The summed E-state index contributed by atoms with van der Waals surface area (Å²) < 4.78 is 4.94. The van der Waals surface area contributed by atoms with Crippen molar-refractivity contribution < 1.29 is 124 Å². The molecule has 0 unspecified atom stereocenters. The predicted octanol–water partition coefficient (Wildman–Crippen LogP) is 2.90. The molecule has 0 aliphatic carbocycles. The van der Waals surface area contributed by atoms with Crippen LogP contribution in [0.25, 0.3) is 0 Å². The molecule has 5 heterocycles. The van der Waals surface area contributed by atoms with Crippen LogP contribution in [0.5, 0.6) is 0 Å². The van der Waals surface area contributed by atoms with Crippen LogP contribution in [0.3, 0.4) is 0 Å². The van der Waals surface area contributed by atoms with Gasteiger partial charge in [-0.05, 0) is 111 Å². The Morgan fingerprint density at radius 1 is 0.512 bits per heavy atom. The number of nitrogens with zero attached hydrogens (tertiary/aromatic N) is 12. The second-order valence-corrected chi connectivity index (χ2v) is 17.6. The number of para-hydroxylation sites is 4. The summed E-state index contributed by atoms with van der Waals surface area (Å²) in [5.41, 5.74) is 13.4. The Morgan fingerprint density at radius 3 is 1.20 bits per heavy atom. The van der Waals surface area contributed by atoms with Crippen LogP contribution in [-0.4, -0.2) is 112 Å². The molecular formula is C55H73Cl2K2N21O4. The van der Waals surface area contributed by atoms with Gasteiger partial charge in [-0.25, -0.2) is 9.97 Å². The maximum absolute atomic E-state index is 8.64. The van der Waals surface area contributed by atoms with Crippen molar-refractivity contribution >= 4 is 94.1 Å². The number of aromatic nitrogens is 12. The summed E-state index contributed by atoms with van der Waals surface area (Å²) in [6.07, 6.45) is 7.50. The normalized spacial score (nSPS) is 10.6. The van der Waals surface area contributed by atoms with Gasteiger partial charge in [-0.3, -0.25) is 4.79 Å². The predicted molar refractivity (Wildman–Crippen MR) is 323 cm³/mol. The molecule has 1 saturated heterocycles. The van der Waals surface area contributed by atoms with Crippen LogP contribution in [0.2, 0.25) is 10.6 Å². The third kappa shape index (κ3) is 32.3. The van der Waals surface area contributed by atoms with Gasteiger partial charge in [-0.1, -0.05) is 93.6 Å². The number of unbranched alkanes of at least 4 members (excludes halogenated alkanes) is 1. The molecule has 25 nitrogen and oxygen atoms in total. The van der Waals surface area contributed by atoms with Gasteiger partial charge in [-0.2, -0.15) is 49.8 Å². The third-order valence-electron chi connectivity index (χ3n) is 10.4. The van der Waals surface area contributed by atoms with Crippen LogP contribution in [0.1, 0.15) is 71.8 Å². The first kappa shape index (κ1) is 74.8. The Morgan fingerprint density at radius 2 is 0.833 bits per heavy atom. The molecule has 438 valence electrons. The molecule has 0 saturated carbocycles. The number of ether oxygens (including phenoxy) is 1. The van der Waals surface area contributed by atoms with Crippen LogP contribution in [0.4, 0.5) is 64.4 Å². The van der Waals surface area contributed by atoms with Crippen molar-refractivity contribution in [2.24, 2.45) is 11.5 Å². The fourth-order valence-electron chi connectivity index (χ4n) is 6.72. The Hall–Kier alpha value is -5.32. The van der Waals surface area contributed by atoms with Crippen LogP contribution in [-0.2, 0) is 27.3 Å². The summed E-state index contributed by atoms with van der Waals surface area (Å²) in [5, 5.41) is 31.1. The SMILES string of the molecule is C.C1CCOC1.CCCCNc1nc(NCCCc2nc(C)nc(Nc3ccccc3)n2)nc(Nc2ccccc2)n1.Clc1nc(CCCNc2nc(Cl)nc(Nc3ccccc3)n2)nc(Nc2ccccc2)n1.NCCN.O=CO[O-].[H-].[K+].[K+]. The maximum atomic E-state index is 8.64. The molecule has 8 aromatic rings. The van der Waals surface area contributed by atoms with Gasteiger partial charge in [0.15, 0.2) is 0 Å². The van der Waals surface area contributed by atoms with Gasteiger partial charge in [-0.15, -0.1) is 0 Å². The topological polar surface area (TPSA) is 350 Å². The van der Waals surface area contributed by atoms with Crippen LogP contribution in [0, 0.1) is 6.92 Å². The van der Waals surface area contributed by atoms with Gasteiger partial charge in [0.25, 0.3) is 6.47 Å².